The van der Waals surface area contributed by atoms with Gasteiger partial charge in [0.1, 0.15) is 0 Å². The Kier molecular flexibility index (Phi) is 6.88. The van der Waals surface area contributed by atoms with Gasteiger partial charge >= 0.3 is 20.6 Å². The molecule has 0 aliphatic carbocycles. The van der Waals surface area contributed by atoms with E-state index in [1.807, 2.05) is 0 Å². The molecule has 0 saturated heterocycles. The van der Waals surface area contributed by atoms with Crippen molar-refractivity contribution in [3.8, 4) is 5.75 Å². The van der Waals surface area contributed by atoms with Crippen LogP contribution in [0.5, 0.6) is 5.75 Å². The van der Waals surface area contributed by atoms with Gasteiger partial charge in [-0.2, -0.15) is 13.2 Å². The first-order valence-corrected chi connectivity index (χ1v) is 8.52. The molecule has 0 heterocycles. The first kappa shape index (κ1) is 21.3. The average molecular weight is 389 g/mol. The highest BCUT2D eigenvalue weighted by atomic mass is 28.4. The van der Waals surface area contributed by atoms with Crippen molar-refractivity contribution >= 4 is 14.9 Å². The molecule has 0 atom stereocenters. The predicted octanol–water partition coefficient (Wildman–Crippen LogP) is 3.44. The summed E-state index contributed by atoms with van der Waals surface area (Å²) in [7, 11) is -3.47. The molecule has 0 aliphatic rings. The van der Waals surface area contributed by atoms with E-state index in [0.717, 1.165) is 26.4 Å². The minimum absolute atomic E-state index is 0.693. The Morgan fingerprint density at radius 2 is 1.76 bits per heavy atom. The molecule has 0 aliphatic heterocycles. The Hall–Kier alpha value is -1.76. The summed E-state index contributed by atoms with van der Waals surface area (Å²) in [5, 5.41) is -1.64. The average Bonchev–Trinajstić information content (AvgIpc) is 2.55. The van der Waals surface area contributed by atoms with E-state index in [9.17, 15) is 26.8 Å². The molecule has 1 amide bonds. The van der Waals surface area contributed by atoms with Crippen molar-refractivity contribution in [2.45, 2.75) is 25.6 Å². The van der Waals surface area contributed by atoms with Crippen LogP contribution in [-0.2, 0) is 13.3 Å². The van der Waals surface area contributed by atoms with Crippen molar-refractivity contribution < 1.29 is 44.9 Å². The van der Waals surface area contributed by atoms with E-state index in [0.29, 0.717) is 6.07 Å². The van der Waals surface area contributed by atoms with Gasteiger partial charge in [0.15, 0.2) is 11.6 Å². The van der Waals surface area contributed by atoms with Gasteiger partial charge in [-0.1, -0.05) is 15.7 Å². The van der Waals surface area contributed by atoms with Crippen LogP contribution in [0.25, 0.3) is 0 Å². The van der Waals surface area contributed by atoms with Gasteiger partial charge in [0, 0.05) is 20.3 Å². The summed E-state index contributed by atoms with van der Waals surface area (Å²) in [6.45, 7) is 2.72. The van der Waals surface area contributed by atoms with E-state index >= 15 is 0 Å². The third-order valence-corrected chi connectivity index (χ3v) is 5.61. The second kappa shape index (κ2) is 8.08. The van der Waals surface area contributed by atoms with E-state index in [1.165, 1.54) is 13.8 Å². The molecule has 0 spiro atoms. The summed E-state index contributed by atoms with van der Waals surface area (Å²) < 4.78 is 87.4. The van der Waals surface area contributed by atoms with E-state index in [1.54, 1.807) is 0 Å². The molecule has 1 aromatic rings. The molecule has 1 rings (SSSR count). The van der Waals surface area contributed by atoms with Crippen molar-refractivity contribution in [3.63, 3.8) is 0 Å². The third-order valence-electron chi connectivity index (χ3n) is 2.82. The maximum Gasteiger partial charge on any atom is 0.603 e. The molecule has 0 N–H and O–H groups in total. The van der Waals surface area contributed by atoms with Crippen molar-refractivity contribution in [2.24, 2.45) is 0 Å². The zero-order valence-electron chi connectivity index (χ0n) is 13.7. The zero-order valence-corrected chi connectivity index (χ0v) is 14.7. The summed E-state index contributed by atoms with van der Waals surface area (Å²) in [4.78, 5) is 11.6. The molecule has 6 nitrogen and oxygen atoms in total. The normalized spacial score (nSPS) is 12.4. The largest absolute Gasteiger partial charge is 0.603 e. The van der Waals surface area contributed by atoms with E-state index in [4.69, 9.17) is 4.43 Å². The fraction of sp³-hybridized carbons (Fsp3) is 0.462. The van der Waals surface area contributed by atoms with Gasteiger partial charge in [-0.05, 0) is 26.0 Å². The number of nitrogens with zero attached hydrogens (tertiary/aromatic N) is 1. The Morgan fingerprint density at radius 3 is 2.24 bits per heavy atom. The topological polar surface area (TPSA) is 57.2 Å². The molecular weight excluding hydrogens is 373 g/mol. The van der Waals surface area contributed by atoms with Crippen molar-refractivity contribution in [3.05, 3.63) is 29.8 Å². The van der Waals surface area contributed by atoms with Crippen LogP contribution >= 0.6 is 0 Å². The van der Waals surface area contributed by atoms with Crippen LogP contribution in [0.1, 0.15) is 13.8 Å². The van der Waals surface area contributed by atoms with Crippen LogP contribution in [0, 0.1) is 11.6 Å². The van der Waals surface area contributed by atoms with Crippen LogP contribution in [0.15, 0.2) is 18.2 Å². The Balaban J connectivity index is 3.10. The van der Waals surface area contributed by atoms with Crippen LogP contribution in [0.3, 0.4) is 0 Å². The Labute approximate surface area is 141 Å². The zero-order chi connectivity index (χ0) is 19.4. The van der Waals surface area contributed by atoms with Gasteiger partial charge in [-0.25, -0.2) is 9.18 Å². The fourth-order valence-corrected chi connectivity index (χ4v) is 3.68. The number of carbonyl (C=O) groups excluding carboxylic acids is 1. The summed E-state index contributed by atoms with van der Waals surface area (Å²) in [5.41, 5.74) is -4.71. The number of hydrogen-bond donors (Lipinski definition) is 0. The molecule has 0 unspecified atom stereocenters. The number of alkyl halides is 2. The van der Waals surface area contributed by atoms with Crippen LogP contribution in [0.4, 0.5) is 26.8 Å². The Bertz CT molecular complexity index is 614. The monoisotopic (exact) mass is 389 g/mol. The van der Waals surface area contributed by atoms with Gasteiger partial charge < -0.3 is 18.0 Å². The lowest BCUT2D eigenvalue weighted by Crippen LogP contribution is -2.67. The molecule has 0 aromatic heterocycles. The summed E-state index contributed by atoms with van der Waals surface area (Å²) in [6.07, 6.45) is -3.17. The predicted molar refractivity (Wildman–Crippen MR) is 76.3 cm³/mol. The van der Waals surface area contributed by atoms with Crippen LogP contribution in [-0.4, -0.2) is 46.0 Å². The number of carbonyl (C=O) groups is 1. The minimum Gasteiger partial charge on any atom is -0.405 e. The molecular formula is C13H16F5NO5Si. The number of amides is 1. The van der Waals surface area contributed by atoms with Gasteiger partial charge in [-0.15, -0.1) is 0 Å². The van der Waals surface area contributed by atoms with E-state index < -0.39 is 49.2 Å². The number of ether oxygens (including phenoxy) is 1. The third kappa shape index (κ3) is 4.26. The van der Waals surface area contributed by atoms with E-state index in [-0.39, 0.29) is 0 Å². The minimum atomic E-state index is -5.05. The van der Waals surface area contributed by atoms with Gasteiger partial charge in [0.05, 0.1) is 0 Å². The maximum atomic E-state index is 14.4. The van der Waals surface area contributed by atoms with Gasteiger partial charge in [-0.3, -0.25) is 0 Å². The number of halogens is 5. The molecule has 142 valence electrons. The van der Waals surface area contributed by atoms with Crippen molar-refractivity contribution in [1.29, 1.82) is 0 Å². The van der Waals surface area contributed by atoms with E-state index in [2.05, 4.69) is 13.6 Å². The van der Waals surface area contributed by atoms with Crippen molar-refractivity contribution in [1.82, 2.24) is 5.12 Å². The highest BCUT2D eigenvalue weighted by Crippen LogP contribution is 2.35. The molecule has 1 aromatic carbocycles. The molecule has 0 saturated carbocycles. The second-order valence-corrected chi connectivity index (χ2v) is 7.64. The highest BCUT2D eigenvalue weighted by molar-refractivity contribution is 6.63. The van der Waals surface area contributed by atoms with Crippen LogP contribution < -0.4 is 4.74 Å². The smallest absolute Gasteiger partial charge is 0.405 e. The standard InChI is InChI=1S/C13H16F5NO5Si/c1-8(2)24-25(21-3,22-4)13(16,17)19(18)12(20)23-10-7-5-6-9(14)11(10)15/h5-8H,1-4H3. The highest BCUT2D eigenvalue weighted by Gasteiger charge is 2.71. The summed E-state index contributed by atoms with van der Waals surface area (Å²) >= 11 is 0. The fourth-order valence-electron chi connectivity index (χ4n) is 1.74. The Morgan fingerprint density at radius 1 is 1.20 bits per heavy atom. The van der Waals surface area contributed by atoms with Gasteiger partial charge in [0.25, 0.3) is 0 Å². The molecule has 12 heteroatoms. The second-order valence-electron chi connectivity index (χ2n) is 4.87. The maximum absolute atomic E-state index is 14.4. The summed E-state index contributed by atoms with van der Waals surface area (Å²) in [6, 6.07) is 2.38. The lowest BCUT2D eigenvalue weighted by atomic mass is 10.3. The quantitative estimate of drug-likeness (QED) is 0.310. The molecule has 0 radical (unpaired) electrons. The molecule has 0 fully saturated rings. The lowest BCUT2D eigenvalue weighted by molar-refractivity contribution is -0.198. The lowest BCUT2D eigenvalue weighted by Gasteiger charge is -2.35. The molecule has 25 heavy (non-hydrogen) atoms. The SMILES string of the molecule is CO[Si](OC)(OC(C)C)C(F)(F)N(F)C(=O)Oc1cccc(F)c1F. The molecule has 0 bridgehead atoms. The first-order chi connectivity index (χ1) is 11.5. The van der Waals surface area contributed by atoms with Crippen molar-refractivity contribution in [2.75, 3.05) is 14.2 Å². The van der Waals surface area contributed by atoms with Gasteiger partial charge in [0.2, 0.25) is 5.82 Å². The number of rotatable bonds is 7. The number of hydrogen-bond acceptors (Lipinski definition) is 5. The first-order valence-electron chi connectivity index (χ1n) is 6.80. The summed E-state index contributed by atoms with van der Waals surface area (Å²) in [5.74, 6) is -4.13. The van der Waals surface area contributed by atoms with Crippen LogP contribution in [0.2, 0.25) is 0 Å². The number of benzene rings is 1.